The first-order valence-electron chi connectivity index (χ1n) is 4.23. The highest BCUT2D eigenvalue weighted by atomic mass is 16.5. The zero-order chi connectivity index (χ0) is 7.90. The predicted octanol–water partition coefficient (Wildman–Crippen LogP) is -0.158. The summed E-state index contributed by atoms with van der Waals surface area (Å²) in [5, 5.41) is 9.72. The molecule has 0 amide bonds. The first kappa shape index (κ1) is 7.53. The van der Waals surface area contributed by atoms with Gasteiger partial charge in [0.2, 0.25) is 0 Å². The predicted molar refractivity (Wildman–Crippen MR) is 41.4 cm³/mol. The average molecular weight is 157 g/mol. The van der Waals surface area contributed by atoms with Gasteiger partial charge in [0.1, 0.15) is 0 Å². The van der Waals surface area contributed by atoms with E-state index in [1.165, 1.54) is 0 Å². The van der Waals surface area contributed by atoms with Crippen molar-refractivity contribution in [3.05, 3.63) is 0 Å². The van der Waals surface area contributed by atoms with Crippen molar-refractivity contribution >= 4 is 0 Å². The van der Waals surface area contributed by atoms with Gasteiger partial charge in [-0.05, 0) is 19.9 Å². The van der Waals surface area contributed by atoms with E-state index >= 15 is 0 Å². The van der Waals surface area contributed by atoms with Crippen LogP contribution in [-0.2, 0) is 4.74 Å². The average Bonchev–Trinajstić information content (AvgIpc) is 2.70. The molecule has 0 aromatic heterocycles. The molecule has 1 saturated heterocycles. The van der Waals surface area contributed by atoms with Crippen LogP contribution < -0.4 is 0 Å². The smallest absolute Gasteiger partial charge is 0.0988 e. The van der Waals surface area contributed by atoms with Gasteiger partial charge < -0.3 is 14.7 Å². The van der Waals surface area contributed by atoms with Gasteiger partial charge in [-0.3, -0.25) is 0 Å². The molecule has 1 saturated carbocycles. The monoisotopic (exact) mass is 157 g/mol. The molecule has 0 unspecified atom stereocenters. The van der Waals surface area contributed by atoms with Crippen LogP contribution in [0.4, 0.5) is 0 Å². The van der Waals surface area contributed by atoms with Crippen LogP contribution in [0.3, 0.4) is 0 Å². The highest BCUT2D eigenvalue weighted by molar-refractivity contribution is 5.02. The van der Waals surface area contributed by atoms with Crippen molar-refractivity contribution in [1.82, 2.24) is 4.90 Å². The van der Waals surface area contributed by atoms with E-state index in [0.717, 1.165) is 32.5 Å². The highest BCUT2D eigenvalue weighted by Gasteiger charge is 2.49. The van der Waals surface area contributed by atoms with E-state index in [1.807, 2.05) is 0 Å². The number of morpholine rings is 1. The molecular formula is C8H15NO2. The van der Waals surface area contributed by atoms with Crippen molar-refractivity contribution in [2.45, 2.75) is 24.5 Å². The van der Waals surface area contributed by atoms with Gasteiger partial charge in [-0.25, -0.2) is 0 Å². The second kappa shape index (κ2) is 2.44. The Balaban J connectivity index is 1.93. The summed E-state index contributed by atoms with van der Waals surface area (Å²) in [7, 11) is 2.07. The molecular weight excluding hydrogens is 142 g/mol. The molecule has 2 fully saturated rings. The lowest BCUT2D eigenvalue weighted by Crippen LogP contribution is -2.47. The minimum atomic E-state index is -0.464. The summed E-state index contributed by atoms with van der Waals surface area (Å²) in [5.41, 5.74) is -0.464. The normalized spacial score (nSPS) is 37.1. The van der Waals surface area contributed by atoms with Crippen molar-refractivity contribution in [3.63, 3.8) is 0 Å². The maximum atomic E-state index is 9.72. The van der Waals surface area contributed by atoms with Gasteiger partial charge in [0.15, 0.2) is 0 Å². The van der Waals surface area contributed by atoms with Gasteiger partial charge in [-0.2, -0.15) is 0 Å². The Hall–Kier alpha value is -0.120. The second-order valence-electron chi connectivity index (χ2n) is 3.73. The molecule has 1 heterocycles. The number of rotatable bonds is 1. The molecule has 2 aliphatic rings. The number of hydrogen-bond acceptors (Lipinski definition) is 3. The lowest BCUT2D eigenvalue weighted by molar-refractivity contribution is -0.0948. The number of likely N-dealkylation sites (N-methyl/N-ethyl adjacent to an activating group) is 1. The van der Waals surface area contributed by atoms with E-state index in [-0.39, 0.29) is 6.10 Å². The molecule has 1 N–H and O–H groups in total. The van der Waals surface area contributed by atoms with E-state index in [4.69, 9.17) is 4.74 Å². The third-order valence-corrected chi connectivity index (χ3v) is 2.63. The minimum Gasteiger partial charge on any atom is -0.387 e. The number of ether oxygens (including phenoxy) is 1. The summed E-state index contributed by atoms with van der Waals surface area (Å²) in [6, 6.07) is 0. The third-order valence-electron chi connectivity index (χ3n) is 2.63. The van der Waals surface area contributed by atoms with E-state index in [2.05, 4.69) is 11.9 Å². The SMILES string of the molecule is CN1CCO[C@@H](C2(O)CC2)C1. The molecule has 0 radical (unpaired) electrons. The molecule has 0 aromatic rings. The van der Waals surface area contributed by atoms with Crippen LogP contribution >= 0.6 is 0 Å². The Morgan fingerprint density at radius 1 is 1.55 bits per heavy atom. The van der Waals surface area contributed by atoms with Crippen LogP contribution in [-0.4, -0.2) is 48.5 Å². The summed E-state index contributed by atoms with van der Waals surface area (Å²) in [6.45, 7) is 2.65. The Kier molecular flexibility index (Phi) is 1.67. The molecule has 3 heteroatoms. The number of hydrogen-bond donors (Lipinski definition) is 1. The Morgan fingerprint density at radius 3 is 2.82 bits per heavy atom. The first-order chi connectivity index (χ1) is 5.21. The van der Waals surface area contributed by atoms with Crippen molar-refractivity contribution in [2.24, 2.45) is 0 Å². The van der Waals surface area contributed by atoms with E-state index < -0.39 is 5.60 Å². The standard InChI is InChI=1S/C8H15NO2/c1-9-4-5-11-7(6-9)8(10)2-3-8/h7,10H,2-6H2,1H3/t7-/m1/s1. The van der Waals surface area contributed by atoms with Crippen LogP contribution in [0.15, 0.2) is 0 Å². The number of aliphatic hydroxyl groups is 1. The molecule has 11 heavy (non-hydrogen) atoms. The summed E-state index contributed by atoms with van der Waals surface area (Å²) >= 11 is 0. The molecule has 0 bridgehead atoms. The summed E-state index contributed by atoms with van der Waals surface area (Å²) < 4.78 is 5.48. The van der Waals surface area contributed by atoms with E-state index in [0.29, 0.717) is 0 Å². The quantitative estimate of drug-likeness (QED) is 0.574. The molecule has 1 aliphatic heterocycles. The number of nitrogens with zero attached hydrogens (tertiary/aromatic N) is 1. The van der Waals surface area contributed by atoms with E-state index in [1.54, 1.807) is 0 Å². The zero-order valence-electron chi connectivity index (χ0n) is 6.92. The fraction of sp³-hybridized carbons (Fsp3) is 1.00. The maximum Gasteiger partial charge on any atom is 0.0988 e. The van der Waals surface area contributed by atoms with Crippen molar-refractivity contribution in [2.75, 3.05) is 26.7 Å². The summed E-state index contributed by atoms with van der Waals surface area (Å²) in [4.78, 5) is 2.21. The summed E-state index contributed by atoms with van der Waals surface area (Å²) in [6.07, 6.45) is 1.91. The van der Waals surface area contributed by atoms with Gasteiger partial charge in [-0.1, -0.05) is 0 Å². The Labute approximate surface area is 66.9 Å². The molecule has 2 rings (SSSR count). The topological polar surface area (TPSA) is 32.7 Å². The van der Waals surface area contributed by atoms with Gasteiger partial charge in [0.05, 0.1) is 18.3 Å². The van der Waals surface area contributed by atoms with Crippen LogP contribution in [0.1, 0.15) is 12.8 Å². The van der Waals surface area contributed by atoms with E-state index in [9.17, 15) is 5.11 Å². The zero-order valence-corrected chi connectivity index (χ0v) is 6.92. The molecule has 64 valence electrons. The molecule has 1 atom stereocenters. The third kappa shape index (κ3) is 1.41. The molecule has 0 spiro atoms. The molecule has 3 nitrogen and oxygen atoms in total. The minimum absolute atomic E-state index is 0.0706. The van der Waals surface area contributed by atoms with Crippen LogP contribution in [0, 0.1) is 0 Å². The summed E-state index contributed by atoms with van der Waals surface area (Å²) in [5.74, 6) is 0. The van der Waals surface area contributed by atoms with Crippen LogP contribution in [0.2, 0.25) is 0 Å². The van der Waals surface area contributed by atoms with Crippen molar-refractivity contribution in [1.29, 1.82) is 0 Å². The Bertz CT molecular complexity index is 156. The van der Waals surface area contributed by atoms with Crippen LogP contribution in [0.5, 0.6) is 0 Å². The lowest BCUT2D eigenvalue weighted by Gasteiger charge is -2.33. The van der Waals surface area contributed by atoms with Crippen LogP contribution in [0.25, 0.3) is 0 Å². The largest absolute Gasteiger partial charge is 0.387 e. The van der Waals surface area contributed by atoms with Crippen molar-refractivity contribution in [3.8, 4) is 0 Å². The molecule has 0 aromatic carbocycles. The fourth-order valence-electron chi connectivity index (χ4n) is 1.55. The Morgan fingerprint density at radius 2 is 2.27 bits per heavy atom. The molecule has 1 aliphatic carbocycles. The van der Waals surface area contributed by atoms with Gasteiger partial charge >= 0.3 is 0 Å². The maximum absolute atomic E-state index is 9.72. The first-order valence-corrected chi connectivity index (χ1v) is 4.23. The van der Waals surface area contributed by atoms with Gasteiger partial charge in [-0.15, -0.1) is 0 Å². The second-order valence-corrected chi connectivity index (χ2v) is 3.73. The van der Waals surface area contributed by atoms with Crippen molar-refractivity contribution < 1.29 is 9.84 Å². The highest BCUT2D eigenvalue weighted by Crippen LogP contribution is 2.40. The van der Waals surface area contributed by atoms with Gasteiger partial charge in [0, 0.05) is 13.1 Å². The lowest BCUT2D eigenvalue weighted by atomic mass is 10.1. The van der Waals surface area contributed by atoms with Gasteiger partial charge in [0.25, 0.3) is 0 Å². The fourth-order valence-corrected chi connectivity index (χ4v) is 1.55.